The normalized spacial score (nSPS) is 46.1. The van der Waals surface area contributed by atoms with Crippen LogP contribution >= 0.6 is 0 Å². The van der Waals surface area contributed by atoms with Gasteiger partial charge in [-0.2, -0.15) is 0 Å². The summed E-state index contributed by atoms with van der Waals surface area (Å²) in [6.07, 6.45) is 4.58. The standard InChI is InChI=1S/C16H25NO3/c1-11-8-12-10-14(19)16(20)5-3-7-17-6-2-4-15(12,16)13(18)9-11/h11-12,17,20H,2-10H2,1H3/t11-,12+,15-,16+/m1/s1. The Kier molecular flexibility index (Phi) is 3.49. The molecule has 20 heavy (non-hydrogen) atoms. The molecule has 2 aliphatic carbocycles. The summed E-state index contributed by atoms with van der Waals surface area (Å²) in [4.78, 5) is 25.3. The lowest BCUT2D eigenvalue weighted by molar-refractivity contribution is -0.165. The molecule has 3 rings (SSSR count). The number of nitrogens with one attached hydrogen (secondary N) is 1. The highest BCUT2D eigenvalue weighted by molar-refractivity contribution is 6.01. The maximum absolute atomic E-state index is 12.8. The van der Waals surface area contributed by atoms with E-state index in [0.29, 0.717) is 31.6 Å². The molecule has 4 atom stereocenters. The van der Waals surface area contributed by atoms with E-state index < -0.39 is 11.0 Å². The van der Waals surface area contributed by atoms with Gasteiger partial charge in [0.25, 0.3) is 0 Å². The fourth-order valence-corrected chi connectivity index (χ4v) is 4.96. The molecule has 1 heterocycles. The van der Waals surface area contributed by atoms with Gasteiger partial charge in [0.15, 0.2) is 5.78 Å². The van der Waals surface area contributed by atoms with Gasteiger partial charge in [-0.1, -0.05) is 6.92 Å². The van der Waals surface area contributed by atoms with Crippen molar-refractivity contribution in [2.45, 2.75) is 57.5 Å². The van der Waals surface area contributed by atoms with Crippen LogP contribution in [0.4, 0.5) is 0 Å². The van der Waals surface area contributed by atoms with Crippen molar-refractivity contribution in [3.05, 3.63) is 0 Å². The van der Waals surface area contributed by atoms with Gasteiger partial charge in [0.1, 0.15) is 11.4 Å². The van der Waals surface area contributed by atoms with E-state index in [2.05, 4.69) is 12.2 Å². The van der Waals surface area contributed by atoms with Crippen LogP contribution in [-0.4, -0.2) is 35.4 Å². The van der Waals surface area contributed by atoms with Crippen LogP contribution in [0.2, 0.25) is 0 Å². The minimum Gasteiger partial charge on any atom is -0.381 e. The van der Waals surface area contributed by atoms with Gasteiger partial charge in [-0.15, -0.1) is 0 Å². The number of rotatable bonds is 0. The summed E-state index contributed by atoms with van der Waals surface area (Å²) in [5, 5.41) is 14.5. The average Bonchev–Trinajstić information content (AvgIpc) is 2.63. The van der Waals surface area contributed by atoms with E-state index in [1.54, 1.807) is 0 Å². The third-order valence-electron chi connectivity index (χ3n) is 5.86. The molecule has 1 saturated heterocycles. The first kappa shape index (κ1) is 14.2. The molecule has 112 valence electrons. The Morgan fingerprint density at radius 3 is 2.55 bits per heavy atom. The van der Waals surface area contributed by atoms with Crippen LogP contribution in [0.3, 0.4) is 0 Å². The van der Waals surface area contributed by atoms with Gasteiger partial charge in [0, 0.05) is 12.8 Å². The Hall–Kier alpha value is -0.740. The van der Waals surface area contributed by atoms with E-state index in [1.807, 2.05) is 0 Å². The van der Waals surface area contributed by atoms with Crippen LogP contribution < -0.4 is 5.32 Å². The summed E-state index contributed by atoms with van der Waals surface area (Å²) in [7, 11) is 0. The number of ketones is 2. The predicted molar refractivity (Wildman–Crippen MR) is 75.2 cm³/mol. The second-order valence-corrected chi connectivity index (χ2v) is 7.08. The molecular weight excluding hydrogens is 254 g/mol. The summed E-state index contributed by atoms with van der Waals surface area (Å²) in [5.74, 6) is 0.483. The molecule has 0 aromatic heterocycles. The van der Waals surface area contributed by atoms with Gasteiger partial charge < -0.3 is 10.4 Å². The van der Waals surface area contributed by atoms with E-state index in [9.17, 15) is 14.7 Å². The van der Waals surface area contributed by atoms with Crippen LogP contribution in [0.25, 0.3) is 0 Å². The minimum atomic E-state index is -1.39. The van der Waals surface area contributed by atoms with Gasteiger partial charge in [0.05, 0.1) is 5.41 Å². The summed E-state index contributed by atoms with van der Waals surface area (Å²) in [6, 6.07) is 0. The first-order valence-electron chi connectivity index (χ1n) is 8.00. The van der Waals surface area contributed by atoms with Crippen molar-refractivity contribution >= 4 is 11.6 Å². The molecule has 1 aliphatic heterocycles. The Bertz CT molecular complexity index is 435. The SMILES string of the molecule is C[C@H]1CC(=O)[C@]23CCCNCCC[C@]2(O)C(=O)C[C@@H]3C1. The number of aliphatic hydroxyl groups is 1. The molecule has 3 fully saturated rings. The quantitative estimate of drug-likeness (QED) is 0.704. The van der Waals surface area contributed by atoms with Crippen LogP contribution in [0.15, 0.2) is 0 Å². The van der Waals surface area contributed by atoms with Gasteiger partial charge in [-0.3, -0.25) is 9.59 Å². The molecule has 2 saturated carbocycles. The van der Waals surface area contributed by atoms with Crippen molar-refractivity contribution < 1.29 is 14.7 Å². The lowest BCUT2D eigenvalue weighted by Crippen LogP contribution is -2.57. The molecule has 0 aromatic rings. The first-order valence-corrected chi connectivity index (χ1v) is 8.00. The Labute approximate surface area is 120 Å². The second-order valence-electron chi connectivity index (χ2n) is 7.08. The van der Waals surface area contributed by atoms with E-state index in [0.717, 1.165) is 32.4 Å². The fraction of sp³-hybridized carbons (Fsp3) is 0.875. The topological polar surface area (TPSA) is 66.4 Å². The van der Waals surface area contributed by atoms with E-state index in [1.165, 1.54) is 0 Å². The summed E-state index contributed by atoms with van der Waals surface area (Å²) < 4.78 is 0. The summed E-state index contributed by atoms with van der Waals surface area (Å²) in [6.45, 7) is 3.78. The molecular formula is C16H25NO3. The maximum Gasteiger partial charge on any atom is 0.165 e. The van der Waals surface area contributed by atoms with Crippen molar-refractivity contribution in [1.29, 1.82) is 0 Å². The van der Waals surface area contributed by atoms with E-state index >= 15 is 0 Å². The zero-order valence-electron chi connectivity index (χ0n) is 12.3. The number of hydrogen-bond donors (Lipinski definition) is 2. The highest BCUT2D eigenvalue weighted by Crippen LogP contribution is 2.59. The largest absolute Gasteiger partial charge is 0.381 e. The molecule has 2 N–H and O–H groups in total. The molecule has 1 spiro atoms. The molecule has 0 radical (unpaired) electrons. The zero-order chi connectivity index (χ0) is 14.4. The third-order valence-corrected chi connectivity index (χ3v) is 5.86. The smallest absolute Gasteiger partial charge is 0.165 e. The first-order chi connectivity index (χ1) is 9.50. The molecule has 0 unspecified atom stereocenters. The number of carbonyl (C=O) groups is 2. The van der Waals surface area contributed by atoms with Gasteiger partial charge in [-0.25, -0.2) is 0 Å². The maximum atomic E-state index is 12.8. The second kappa shape index (κ2) is 4.92. The molecule has 3 aliphatic rings. The Balaban J connectivity index is 2.05. The third kappa shape index (κ3) is 1.81. The van der Waals surface area contributed by atoms with Gasteiger partial charge in [0.2, 0.25) is 0 Å². The number of hydrogen-bond acceptors (Lipinski definition) is 4. The lowest BCUT2D eigenvalue weighted by Gasteiger charge is -2.47. The van der Waals surface area contributed by atoms with E-state index in [4.69, 9.17) is 0 Å². The average molecular weight is 279 g/mol. The molecule has 4 nitrogen and oxygen atoms in total. The van der Waals surface area contributed by atoms with Gasteiger partial charge in [-0.05, 0) is 57.0 Å². The van der Waals surface area contributed by atoms with Crippen LogP contribution in [0, 0.1) is 17.3 Å². The van der Waals surface area contributed by atoms with Crippen molar-refractivity contribution in [2.75, 3.05) is 13.1 Å². The zero-order valence-corrected chi connectivity index (χ0v) is 12.3. The van der Waals surface area contributed by atoms with Crippen LogP contribution in [0.5, 0.6) is 0 Å². The highest BCUT2D eigenvalue weighted by Gasteiger charge is 2.68. The van der Waals surface area contributed by atoms with Crippen molar-refractivity contribution in [3.8, 4) is 0 Å². The lowest BCUT2D eigenvalue weighted by atomic mass is 9.56. The van der Waals surface area contributed by atoms with Crippen molar-refractivity contribution in [2.24, 2.45) is 17.3 Å². The monoisotopic (exact) mass is 279 g/mol. The summed E-state index contributed by atoms with van der Waals surface area (Å²) in [5.41, 5.74) is -2.16. The van der Waals surface area contributed by atoms with Crippen LogP contribution in [0.1, 0.15) is 51.9 Å². The molecule has 0 bridgehead atoms. The van der Waals surface area contributed by atoms with Gasteiger partial charge >= 0.3 is 0 Å². The predicted octanol–water partition coefficient (Wildman–Crippen LogP) is 1.46. The fourth-order valence-electron chi connectivity index (χ4n) is 4.96. The van der Waals surface area contributed by atoms with Crippen LogP contribution in [-0.2, 0) is 9.59 Å². The number of Topliss-reactive ketones (excluding diaryl/α,β-unsaturated/α-hetero) is 2. The van der Waals surface area contributed by atoms with Crippen molar-refractivity contribution in [3.63, 3.8) is 0 Å². The Morgan fingerprint density at radius 1 is 1.10 bits per heavy atom. The molecule has 0 amide bonds. The molecule has 4 heteroatoms. The molecule has 0 aromatic carbocycles. The van der Waals surface area contributed by atoms with E-state index in [-0.39, 0.29) is 17.5 Å². The minimum absolute atomic E-state index is 0.0642. The number of carbonyl (C=O) groups excluding carboxylic acids is 2. The highest BCUT2D eigenvalue weighted by atomic mass is 16.3. The van der Waals surface area contributed by atoms with Crippen molar-refractivity contribution in [1.82, 2.24) is 5.32 Å². The Morgan fingerprint density at radius 2 is 1.80 bits per heavy atom. The summed E-state index contributed by atoms with van der Waals surface area (Å²) >= 11 is 0.